The van der Waals surface area contributed by atoms with Gasteiger partial charge in [0.15, 0.2) is 5.78 Å². The van der Waals surface area contributed by atoms with Crippen molar-refractivity contribution in [3.63, 3.8) is 0 Å². The van der Waals surface area contributed by atoms with Crippen molar-refractivity contribution in [2.24, 2.45) is 23.7 Å². The van der Waals surface area contributed by atoms with Crippen LogP contribution in [0.4, 0.5) is 4.79 Å². The number of carbonyl (C=O) groups excluding carboxylic acids is 5. The van der Waals surface area contributed by atoms with Gasteiger partial charge >= 0.3 is 6.09 Å². The predicted molar refractivity (Wildman–Crippen MR) is 223 cm³/mol. The topological polar surface area (TPSA) is 144 Å². The molecule has 3 rings (SSSR count). The maximum Gasteiger partial charge on any atom is 0.407 e. The van der Waals surface area contributed by atoms with E-state index in [1.54, 1.807) is 64.5 Å². The molecule has 0 aliphatic carbocycles. The molecule has 2 heterocycles. The largest absolute Gasteiger partial charge is 0.450 e. The number of thiazole rings is 1. The molecule has 1 fully saturated rings. The molecule has 0 radical (unpaired) electrons. The molecule has 1 N–H and O–H groups in total. The molecule has 0 bridgehead atoms. The van der Waals surface area contributed by atoms with Crippen molar-refractivity contribution in [3.8, 4) is 0 Å². The Bertz CT molecular complexity index is 1590. The zero-order valence-corrected chi connectivity index (χ0v) is 36.9. The highest BCUT2D eigenvalue weighted by molar-refractivity contribution is 7.09. The Morgan fingerprint density at radius 1 is 1.00 bits per heavy atom. The molecule has 12 nitrogen and oxygen atoms in total. The average Bonchev–Trinajstić information content (AvgIpc) is 3.90. The number of nitrogens with zero attached hydrogens (tertiary/aromatic N) is 3. The Hall–Kier alpha value is -3.68. The fourth-order valence-corrected chi connectivity index (χ4v) is 8.91. The number of methoxy groups -OCH3 is 2. The highest BCUT2D eigenvalue weighted by Gasteiger charge is 2.43. The first kappa shape index (κ1) is 47.7. The van der Waals surface area contributed by atoms with Crippen LogP contribution in [0.25, 0.3) is 0 Å². The zero-order valence-electron chi connectivity index (χ0n) is 36.1. The van der Waals surface area contributed by atoms with Gasteiger partial charge in [-0.1, -0.05) is 71.4 Å². The number of carbonyl (C=O) groups is 5. The number of aromatic nitrogens is 1. The third-order valence-corrected chi connectivity index (χ3v) is 12.8. The zero-order chi connectivity index (χ0) is 42.4. The quantitative estimate of drug-likeness (QED) is 0.124. The smallest absolute Gasteiger partial charge is 0.407 e. The van der Waals surface area contributed by atoms with Gasteiger partial charge in [0, 0.05) is 70.0 Å². The number of amides is 3. The Morgan fingerprint density at radius 3 is 2.25 bits per heavy atom. The summed E-state index contributed by atoms with van der Waals surface area (Å²) < 4.78 is 17.1. The number of Topliss-reactive ketones (excluding diaryl/α,β-unsaturated/α-hetero) is 2. The minimum Gasteiger partial charge on any atom is -0.450 e. The summed E-state index contributed by atoms with van der Waals surface area (Å²) in [5, 5.41) is 5.48. The SMILES string of the molecule is CCOC(=O)NC(C)(C)C(=O)C[C@H](C(=O)N(C)[C@@H]([C@@H](C)CC)[C@@H](CC(=O)N1CCC[C@H]1[C@H](OC)[C@@H](C)C(=O)C[C@@H](Cc1ccccc1)c1nccs1)OC)C(C)C. The number of likely N-dealkylation sites (N-methyl/N-ethyl adjacent to an activating group) is 1. The fraction of sp³-hybridized carbons (Fsp3) is 0.682. The van der Waals surface area contributed by atoms with Crippen LogP contribution in [0.5, 0.6) is 0 Å². The summed E-state index contributed by atoms with van der Waals surface area (Å²) in [6, 6.07) is 9.36. The van der Waals surface area contributed by atoms with Crippen LogP contribution in [0.3, 0.4) is 0 Å². The predicted octanol–water partition coefficient (Wildman–Crippen LogP) is 7.11. The number of ether oxygens (including phenoxy) is 3. The average molecular weight is 813 g/mol. The van der Waals surface area contributed by atoms with Gasteiger partial charge < -0.3 is 29.3 Å². The number of nitrogens with one attached hydrogen (secondary N) is 1. The van der Waals surface area contributed by atoms with E-state index in [9.17, 15) is 24.0 Å². The lowest BCUT2D eigenvalue weighted by Gasteiger charge is -2.41. The van der Waals surface area contributed by atoms with E-state index in [0.29, 0.717) is 25.8 Å². The molecule has 3 amide bonds. The van der Waals surface area contributed by atoms with Crippen LogP contribution in [-0.4, -0.2) is 109 Å². The van der Waals surface area contributed by atoms with Gasteiger partial charge in [-0.25, -0.2) is 9.78 Å². The third kappa shape index (κ3) is 12.9. The first-order chi connectivity index (χ1) is 27.0. The maximum atomic E-state index is 14.3. The molecule has 2 aromatic rings. The number of hydrogen-bond donors (Lipinski definition) is 1. The van der Waals surface area contributed by atoms with Gasteiger partial charge in [-0.2, -0.15) is 0 Å². The van der Waals surface area contributed by atoms with Crippen LogP contribution in [0.1, 0.15) is 110 Å². The Labute approximate surface area is 344 Å². The van der Waals surface area contributed by atoms with Crippen LogP contribution < -0.4 is 5.32 Å². The number of benzene rings is 1. The lowest BCUT2D eigenvalue weighted by atomic mass is 9.83. The van der Waals surface area contributed by atoms with Gasteiger partial charge in [0.25, 0.3) is 0 Å². The van der Waals surface area contributed by atoms with E-state index < -0.39 is 41.7 Å². The van der Waals surface area contributed by atoms with Crippen molar-refractivity contribution in [1.82, 2.24) is 20.1 Å². The van der Waals surface area contributed by atoms with Gasteiger partial charge in [0.05, 0.1) is 47.9 Å². The normalized spacial score (nSPS) is 18.2. The molecule has 318 valence electrons. The molecular formula is C44H68N4O8S. The number of hydrogen-bond acceptors (Lipinski definition) is 10. The highest BCUT2D eigenvalue weighted by Crippen LogP contribution is 2.33. The molecule has 1 saturated heterocycles. The van der Waals surface area contributed by atoms with Crippen molar-refractivity contribution < 1.29 is 38.2 Å². The first-order valence-corrected chi connectivity index (χ1v) is 21.4. The van der Waals surface area contributed by atoms with Crippen molar-refractivity contribution in [2.45, 2.75) is 136 Å². The molecular weight excluding hydrogens is 745 g/mol. The van der Waals surface area contributed by atoms with E-state index in [4.69, 9.17) is 14.2 Å². The minimum absolute atomic E-state index is 0.0311. The van der Waals surface area contributed by atoms with Crippen molar-refractivity contribution in [2.75, 3.05) is 34.4 Å². The number of ketones is 2. The van der Waals surface area contributed by atoms with Gasteiger partial charge in [0.2, 0.25) is 11.8 Å². The monoisotopic (exact) mass is 812 g/mol. The summed E-state index contributed by atoms with van der Waals surface area (Å²) >= 11 is 1.56. The summed E-state index contributed by atoms with van der Waals surface area (Å²) in [6.07, 6.45) is 3.13. The molecule has 13 heteroatoms. The molecule has 1 aliphatic rings. The van der Waals surface area contributed by atoms with Crippen molar-refractivity contribution in [1.29, 1.82) is 0 Å². The van der Waals surface area contributed by atoms with E-state index in [1.807, 2.05) is 63.1 Å². The van der Waals surface area contributed by atoms with E-state index in [-0.39, 0.29) is 66.6 Å². The molecule has 0 unspecified atom stereocenters. The number of likely N-dealkylation sites (tertiary alicyclic amines) is 1. The molecule has 8 atom stereocenters. The van der Waals surface area contributed by atoms with E-state index in [2.05, 4.69) is 22.4 Å². The maximum absolute atomic E-state index is 14.3. The Balaban J connectivity index is 1.78. The van der Waals surface area contributed by atoms with Crippen molar-refractivity contribution >= 4 is 40.8 Å². The lowest BCUT2D eigenvalue weighted by Crippen LogP contribution is -2.55. The molecule has 0 spiro atoms. The molecule has 57 heavy (non-hydrogen) atoms. The van der Waals surface area contributed by atoms with Gasteiger partial charge in [-0.3, -0.25) is 19.2 Å². The standard InChI is InChI=1S/C44H68N4O8S/c1-12-29(5)39(47(9)42(52)33(28(3)4)26-37(50)44(7,8)46-43(53)56-13-2)36(54-10)27-38(51)48-22-17-20-34(48)40(55-11)30(6)35(49)25-32(41-45-21-23-57-41)24-31-18-15-14-16-19-31/h14-16,18-19,21,23,28-30,32-34,36,39-40H,12-13,17,20,22,24-27H2,1-11H3,(H,46,53)/t29-,30-,32+,33-,34-,36+,39-,40+/m0/s1. The van der Waals surface area contributed by atoms with Gasteiger partial charge in [0.1, 0.15) is 5.78 Å². The number of rotatable bonds is 23. The van der Waals surface area contributed by atoms with Crippen LogP contribution in [0.15, 0.2) is 41.9 Å². The van der Waals surface area contributed by atoms with E-state index in [1.165, 1.54) is 0 Å². The van der Waals surface area contributed by atoms with Gasteiger partial charge in [-0.05, 0) is 57.4 Å². The molecule has 1 aliphatic heterocycles. The van der Waals surface area contributed by atoms with Crippen LogP contribution in [0.2, 0.25) is 0 Å². The second-order valence-electron chi connectivity index (χ2n) is 16.5. The van der Waals surface area contributed by atoms with Crippen LogP contribution in [-0.2, 0) is 39.8 Å². The van der Waals surface area contributed by atoms with E-state index >= 15 is 0 Å². The third-order valence-electron chi connectivity index (χ3n) is 11.8. The van der Waals surface area contributed by atoms with Crippen molar-refractivity contribution in [3.05, 3.63) is 52.5 Å². The second-order valence-corrected chi connectivity index (χ2v) is 17.4. The van der Waals surface area contributed by atoms with Crippen LogP contribution in [0, 0.1) is 23.7 Å². The minimum atomic E-state index is -1.24. The van der Waals surface area contributed by atoms with E-state index in [0.717, 1.165) is 23.4 Å². The lowest BCUT2D eigenvalue weighted by molar-refractivity contribution is -0.149. The first-order valence-electron chi connectivity index (χ1n) is 20.6. The summed E-state index contributed by atoms with van der Waals surface area (Å²) in [5.74, 6) is -1.98. The summed E-state index contributed by atoms with van der Waals surface area (Å²) in [7, 11) is 4.90. The van der Waals surface area contributed by atoms with Gasteiger partial charge in [-0.15, -0.1) is 11.3 Å². The Morgan fingerprint density at radius 2 is 1.68 bits per heavy atom. The summed E-state index contributed by atoms with van der Waals surface area (Å²) in [4.78, 5) is 76.4. The molecule has 1 aromatic heterocycles. The fourth-order valence-electron chi connectivity index (χ4n) is 8.17. The summed E-state index contributed by atoms with van der Waals surface area (Å²) in [6.45, 7) is 15.4. The molecule has 1 aromatic carbocycles. The summed E-state index contributed by atoms with van der Waals surface area (Å²) in [5.41, 5.74) is -0.0969. The number of alkyl carbamates (subject to hydrolysis) is 1. The van der Waals surface area contributed by atoms with Crippen LogP contribution >= 0.6 is 11.3 Å². The second kappa shape index (κ2) is 22.5. The molecule has 0 saturated carbocycles. The Kier molecular flexibility index (Phi) is 18.8. The highest BCUT2D eigenvalue weighted by atomic mass is 32.1.